The van der Waals surface area contributed by atoms with Crippen LogP contribution in [-0.4, -0.2) is 9.97 Å². The van der Waals surface area contributed by atoms with Gasteiger partial charge in [0, 0.05) is 23.3 Å². The number of fused-ring (bicyclic) bond motifs is 1. The summed E-state index contributed by atoms with van der Waals surface area (Å²) in [6.45, 7) is 4.32. The maximum atomic E-state index is 11.1. The lowest BCUT2D eigenvalue weighted by Gasteiger charge is -2.07. The summed E-state index contributed by atoms with van der Waals surface area (Å²) in [6.07, 6.45) is 2.68. The van der Waals surface area contributed by atoms with Crippen LogP contribution in [0.5, 0.6) is 0 Å². The van der Waals surface area contributed by atoms with E-state index in [2.05, 4.69) is 23.8 Å². The number of H-pyrrole nitrogens is 1. The maximum absolute atomic E-state index is 11.1. The zero-order chi connectivity index (χ0) is 10.8. The lowest BCUT2D eigenvalue weighted by atomic mass is 10.0. The second kappa shape index (κ2) is 3.85. The van der Waals surface area contributed by atoms with Crippen LogP contribution in [0, 0.1) is 5.92 Å². The molecule has 0 fully saturated rings. The number of hydrogen-bond acceptors (Lipinski definition) is 2. The molecule has 0 amide bonds. The molecule has 0 unspecified atom stereocenters. The van der Waals surface area contributed by atoms with Crippen LogP contribution >= 0.6 is 0 Å². The molecule has 1 N–H and O–H groups in total. The molecule has 2 aromatic heterocycles. The predicted molar refractivity (Wildman–Crippen MR) is 60.9 cm³/mol. The van der Waals surface area contributed by atoms with E-state index < -0.39 is 0 Å². The van der Waals surface area contributed by atoms with E-state index in [9.17, 15) is 4.79 Å². The van der Waals surface area contributed by atoms with Crippen LogP contribution in [0.15, 0.2) is 29.2 Å². The van der Waals surface area contributed by atoms with E-state index in [1.807, 2.05) is 12.1 Å². The minimum absolute atomic E-state index is 0.0656. The van der Waals surface area contributed by atoms with Crippen molar-refractivity contribution in [3.05, 3.63) is 40.4 Å². The van der Waals surface area contributed by atoms with Crippen LogP contribution in [0.4, 0.5) is 0 Å². The Morgan fingerprint density at radius 3 is 2.87 bits per heavy atom. The molecule has 0 aromatic carbocycles. The molecule has 2 heterocycles. The van der Waals surface area contributed by atoms with Gasteiger partial charge in [0.05, 0.1) is 5.52 Å². The lowest BCUT2D eigenvalue weighted by molar-refractivity contribution is 0.639. The summed E-state index contributed by atoms with van der Waals surface area (Å²) >= 11 is 0. The van der Waals surface area contributed by atoms with Crippen molar-refractivity contribution in [1.82, 2.24) is 9.97 Å². The third kappa shape index (κ3) is 2.06. The number of nitrogens with one attached hydrogen (secondary N) is 1. The van der Waals surface area contributed by atoms with Gasteiger partial charge in [-0.1, -0.05) is 13.8 Å². The fraction of sp³-hybridized carbons (Fsp3) is 0.333. The van der Waals surface area contributed by atoms with Crippen LogP contribution < -0.4 is 5.56 Å². The molecule has 2 rings (SSSR count). The van der Waals surface area contributed by atoms with Crippen molar-refractivity contribution in [3.8, 4) is 0 Å². The van der Waals surface area contributed by atoms with E-state index in [1.165, 1.54) is 0 Å². The lowest BCUT2D eigenvalue weighted by Crippen LogP contribution is -2.05. The van der Waals surface area contributed by atoms with Crippen LogP contribution in [0.1, 0.15) is 19.5 Å². The Labute approximate surface area is 88.2 Å². The van der Waals surface area contributed by atoms with Gasteiger partial charge in [-0.25, -0.2) is 0 Å². The molecule has 0 atom stereocenters. The van der Waals surface area contributed by atoms with Gasteiger partial charge in [-0.2, -0.15) is 0 Å². The molecule has 0 aliphatic rings. The van der Waals surface area contributed by atoms with Crippen molar-refractivity contribution in [2.24, 2.45) is 5.92 Å². The molecular weight excluding hydrogens is 188 g/mol. The van der Waals surface area contributed by atoms with E-state index in [4.69, 9.17) is 0 Å². The molecule has 0 saturated heterocycles. The normalized spacial score (nSPS) is 11.1. The molecule has 0 aliphatic heterocycles. The zero-order valence-corrected chi connectivity index (χ0v) is 8.95. The van der Waals surface area contributed by atoms with E-state index in [-0.39, 0.29) is 5.56 Å². The van der Waals surface area contributed by atoms with Gasteiger partial charge >= 0.3 is 0 Å². The summed E-state index contributed by atoms with van der Waals surface area (Å²) in [5.41, 5.74) is 1.86. The van der Waals surface area contributed by atoms with E-state index in [1.54, 1.807) is 12.3 Å². The molecule has 0 aliphatic carbocycles. The number of nitrogens with zero attached hydrogens (tertiary/aromatic N) is 1. The molecule has 3 heteroatoms. The van der Waals surface area contributed by atoms with E-state index >= 15 is 0 Å². The number of aromatic amines is 1. The predicted octanol–water partition coefficient (Wildman–Crippen LogP) is 2.12. The second-order valence-corrected chi connectivity index (χ2v) is 4.14. The Morgan fingerprint density at radius 2 is 2.13 bits per heavy atom. The fourth-order valence-corrected chi connectivity index (χ4v) is 1.69. The van der Waals surface area contributed by atoms with Gasteiger partial charge in [-0.15, -0.1) is 0 Å². The van der Waals surface area contributed by atoms with E-state index in [0.29, 0.717) is 5.92 Å². The van der Waals surface area contributed by atoms with Gasteiger partial charge in [-0.3, -0.25) is 9.78 Å². The first-order chi connectivity index (χ1) is 7.16. The van der Waals surface area contributed by atoms with Crippen molar-refractivity contribution in [3.63, 3.8) is 0 Å². The smallest absolute Gasteiger partial charge is 0.248 e. The highest BCUT2D eigenvalue weighted by atomic mass is 16.1. The minimum Gasteiger partial charge on any atom is -0.322 e. The first-order valence-corrected chi connectivity index (χ1v) is 5.14. The largest absolute Gasteiger partial charge is 0.322 e. The van der Waals surface area contributed by atoms with Crippen molar-refractivity contribution < 1.29 is 0 Å². The SMILES string of the molecule is CC(C)Cc1nccc2[nH]c(=O)ccc12. The molecule has 0 radical (unpaired) electrons. The maximum Gasteiger partial charge on any atom is 0.248 e. The molecule has 78 valence electrons. The van der Waals surface area contributed by atoms with Gasteiger partial charge in [0.2, 0.25) is 5.56 Å². The summed E-state index contributed by atoms with van der Waals surface area (Å²) in [7, 11) is 0. The van der Waals surface area contributed by atoms with Crippen LogP contribution in [0.25, 0.3) is 10.9 Å². The second-order valence-electron chi connectivity index (χ2n) is 4.14. The third-order valence-electron chi connectivity index (χ3n) is 2.33. The van der Waals surface area contributed by atoms with Gasteiger partial charge in [0.15, 0.2) is 0 Å². The van der Waals surface area contributed by atoms with Gasteiger partial charge in [0.1, 0.15) is 0 Å². The number of pyridine rings is 2. The molecule has 0 bridgehead atoms. The van der Waals surface area contributed by atoms with Crippen LogP contribution in [0.2, 0.25) is 0 Å². The zero-order valence-electron chi connectivity index (χ0n) is 8.95. The van der Waals surface area contributed by atoms with E-state index in [0.717, 1.165) is 23.0 Å². The monoisotopic (exact) mass is 202 g/mol. The molecule has 15 heavy (non-hydrogen) atoms. The Balaban J connectivity index is 2.60. The summed E-state index contributed by atoms with van der Waals surface area (Å²) in [5, 5.41) is 1.05. The third-order valence-corrected chi connectivity index (χ3v) is 2.33. The Hall–Kier alpha value is -1.64. The number of hydrogen-bond donors (Lipinski definition) is 1. The van der Waals surface area contributed by atoms with Crippen LogP contribution in [-0.2, 0) is 6.42 Å². The van der Waals surface area contributed by atoms with Gasteiger partial charge < -0.3 is 4.98 Å². The summed E-state index contributed by atoms with van der Waals surface area (Å²) < 4.78 is 0. The molecule has 0 saturated carbocycles. The first kappa shape index (κ1) is 9.90. The topological polar surface area (TPSA) is 45.8 Å². The standard InChI is InChI=1S/C12H14N2O/c1-8(2)7-11-9-3-4-12(15)14-10(9)5-6-13-11/h3-6,8H,7H2,1-2H3,(H,14,15). The van der Waals surface area contributed by atoms with Crippen molar-refractivity contribution >= 4 is 10.9 Å². The quantitative estimate of drug-likeness (QED) is 0.810. The van der Waals surface area contributed by atoms with Gasteiger partial charge in [-0.05, 0) is 24.5 Å². The van der Waals surface area contributed by atoms with Gasteiger partial charge in [0.25, 0.3) is 0 Å². The molecule has 3 nitrogen and oxygen atoms in total. The Morgan fingerprint density at radius 1 is 1.33 bits per heavy atom. The highest BCUT2D eigenvalue weighted by molar-refractivity contribution is 5.80. The highest BCUT2D eigenvalue weighted by Gasteiger charge is 2.04. The average Bonchev–Trinajstić information content (AvgIpc) is 2.16. The molecule has 0 spiro atoms. The Kier molecular flexibility index (Phi) is 2.54. The first-order valence-electron chi connectivity index (χ1n) is 5.14. The van der Waals surface area contributed by atoms with Crippen molar-refractivity contribution in [2.45, 2.75) is 20.3 Å². The summed E-state index contributed by atoms with van der Waals surface area (Å²) in [5.74, 6) is 0.565. The van der Waals surface area contributed by atoms with Crippen LogP contribution in [0.3, 0.4) is 0 Å². The summed E-state index contributed by atoms with van der Waals surface area (Å²) in [6, 6.07) is 5.23. The average molecular weight is 202 g/mol. The highest BCUT2D eigenvalue weighted by Crippen LogP contribution is 2.15. The fourth-order valence-electron chi connectivity index (χ4n) is 1.69. The molecule has 2 aromatic rings. The van der Waals surface area contributed by atoms with Crippen molar-refractivity contribution in [1.29, 1.82) is 0 Å². The summed E-state index contributed by atoms with van der Waals surface area (Å²) in [4.78, 5) is 18.3. The van der Waals surface area contributed by atoms with Crippen molar-refractivity contribution in [2.75, 3.05) is 0 Å². The minimum atomic E-state index is -0.0656. The number of rotatable bonds is 2. The molecular formula is C12H14N2O. The number of aromatic nitrogens is 2. The Bertz CT molecular complexity index is 528.